The lowest BCUT2D eigenvalue weighted by Gasteiger charge is -2.20. The summed E-state index contributed by atoms with van der Waals surface area (Å²) in [7, 11) is 1.73. The van der Waals surface area contributed by atoms with Gasteiger partial charge in [-0.2, -0.15) is 0 Å². The van der Waals surface area contributed by atoms with Gasteiger partial charge in [0, 0.05) is 19.5 Å². The van der Waals surface area contributed by atoms with Gasteiger partial charge < -0.3 is 20.5 Å². The number of aliphatic hydroxyl groups excluding tert-OH is 1. The monoisotopic (exact) mass is 355 g/mol. The number of rotatable bonds is 8. The third-order valence-electron chi connectivity index (χ3n) is 4.21. The van der Waals surface area contributed by atoms with Crippen LogP contribution in [0.15, 0.2) is 59.6 Å². The molecular formula is C21H29N3O2. The Morgan fingerprint density at radius 2 is 1.69 bits per heavy atom. The first kappa shape index (κ1) is 19.8. The molecular weight excluding hydrogens is 326 g/mol. The molecule has 5 nitrogen and oxygen atoms in total. The Morgan fingerprint density at radius 1 is 1.04 bits per heavy atom. The van der Waals surface area contributed by atoms with Crippen LogP contribution in [0, 0.1) is 6.92 Å². The summed E-state index contributed by atoms with van der Waals surface area (Å²) >= 11 is 0. The molecule has 0 spiro atoms. The van der Waals surface area contributed by atoms with Crippen molar-refractivity contribution in [1.82, 2.24) is 10.6 Å². The zero-order valence-corrected chi connectivity index (χ0v) is 15.8. The van der Waals surface area contributed by atoms with Crippen molar-refractivity contribution in [3.63, 3.8) is 0 Å². The average Bonchev–Trinajstić information content (AvgIpc) is 2.67. The van der Waals surface area contributed by atoms with Crippen molar-refractivity contribution < 1.29 is 9.84 Å². The topological polar surface area (TPSA) is 65.9 Å². The van der Waals surface area contributed by atoms with E-state index in [1.54, 1.807) is 7.05 Å². The van der Waals surface area contributed by atoms with E-state index in [-0.39, 0.29) is 18.6 Å². The molecule has 2 unspecified atom stereocenters. The van der Waals surface area contributed by atoms with Crippen LogP contribution in [0.5, 0.6) is 5.75 Å². The van der Waals surface area contributed by atoms with E-state index in [1.807, 2.05) is 68.4 Å². The van der Waals surface area contributed by atoms with Gasteiger partial charge in [-0.1, -0.05) is 48.5 Å². The molecule has 0 amide bonds. The van der Waals surface area contributed by atoms with Crippen LogP contribution in [0.1, 0.15) is 24.0 Å². The van der Waals surface area contributed by atoms with E-state index in [0.717, 1.165) is 16.9 Å². The molecule has 2 atom stereocenters. The molecule has 3 N–H and O–H groups in total. The zero-order chi connectivity index (χ0) is 18.8. The summed E-state index contributed by atoms with van der Waals surface area (Å²) in [6.45, 7) is 5.37. The number of nitrogens with zero attached hydrogens (tertiary/aromatic N) is 1. The maximum Gasteiger partial charge on any atom is 0.191 e. The van der Waals surface area contributed by atoms with Crippen molar-refractivity contribution >= 4 is 5.96 Å². The van der Waals surface area contributed by atoms with E-state index >= 15 is 0 Å². The fraction of sp³-hybridized carbons (Fsp3) is 0.381. The molecule has 2 aromatic carbocycles. The standard InChI is InChI=1S/C21H29N3O2/c1-16-9-7-8-12-20(16)26-17(2)13-23-21(22-3)24-14-19(15-25)18-10-5-4-6-11-18/h4-12,17,19,25H,13-15H2,1-3H3,(H2,22,23,24). The number of hydrogen-bond acceptors (Lipinski definition) is 3. The number of aliphatic imine (C=N–C) groups is 1. The second-order valence-electron chi connectivity index (χ2n) is 6.32. The summed E-state index contributed by atoms with van der Waals surface area (Å²) < 4.78 is 5.97. The summed E-state index contributed by atoms with van der Waals surface area (Å²) in [4.78, 5) is 4.24. The van der Waals surface area contributed by atoms with Gasteiger partial charge in [0.25, 0.3) is 0 Å². The highest BCUT2D eigenvalue weighted by molar-refractivity contribution is 5.79. The lowest BCUT2D eigenvalue weighted by molar-refractivity contribution is 0.222. The molecule has 0 saturated carbocycles. The molecule has 0 bridgehead atoms. The summed E-state index contributed by atoms with van der Waals surface area (Å²) in [6.07, 6.45) is -0.00240. The van der Waals surface area contributed by atoms with Crippen LogP contribution in [-0.4, -0.2) is 43.9 Å². The molecule has 0 aliphatic heterocycles. The molecule has 0 fully saturated rings. The van der Waals surface area contributed by atoms with E-state index in [4.69, 9.17) is 4.74 Å². The SMILES string of the molecule is CN=C(NCC(C)Oc1ccccc1C)NCC(CO)c1ccccc1. The second-order valence-corrected chi connectivity index (χ2v) is 6.32. The Balaban J connectivity index is 1.81. The predicted octanol–water partition coefficient (Wildman–Crippen LogP) is 2.70. The van der Waals surface area contributed by atoms with Crippen molar-refractivity contribution in [3.05, 3.63) is 65.7 Å². The average molecular weight is 355 g/mol. The number of benzene rings is 2. The first-order chi connectivity index (χ1) is 12.6. The molecule has 0 radical (unpaired) electrons. The maximum atomic E-state index is 9.65. The smallest absolute Gasteiger partial charge is 0.191 e. The van der Waals surface area contributed by atoms with E-state index in [0.29, 0.717) is 19.0 Å². The Labute approximate surface area is 156 Å². The Bertz CT molecular complexity index is 689. The molecule has 0 aromatic heterocycles. The van der Waals surface area contributed by atoms with Gasteiger partial charge in [-0.05, 0) is 31.0 Å². The number of ether oxygens (including phenoxy) is 1. The number of nitrogens with one attached hydrogen (secondary N) is 2. The van der Waals surface area contributed by atoms with Crippen LogP contribution < -0.4 is 15.4 Å². The van der Waals surface area contributed by atoms with Crippen molar-refractivity contribution in [3.8, 4) is 5.75 Å². The van der Waals surface area contributed by atoms with Crippen molar-refractivity contribution in [2.45, 2.75) is 25.9 Å². The van der Waals surface area contributed by atoms with Crippen LogP contribution in [0.25, 0.3) is 0 Å². The zero-order valence-electron chi connectivity index (χ0n) is 15.8. The lowest BCUT2D eigenvalue weighted by atomic mass is 10.0. The summed E-state index contributed by atoms with van der Waals surface area (Å²) in [5, 5.41) is 16.2. The van der Waals surface area contributed by atoms with Gasteiger partial charge in [0.1, 0.15) is 11.9 Å². The minimum atomic E-state index is -0.00240. The predicted molar refractivity (Wildman–Crippen MR) is 107 cm³/mol. The molecule has 2 aromatic rings. The quantitative estimate of drug-likeness (QED) is 0.503. The Hall–Kier alpha value is -2.53. The molecule has 5 heteroatoms. The number of aliphatic hydroxyl groups is 1. The van der Waals surface area contributed by atoms with Gasteiger partial charge in [0.15, 0.2) is 5.96 Å². The minimum Gasteiger partial charge on any atom is -0.489 e. The molecule has 0 aliphatic rings. The highest BCUT2D eigenvalue weighted by Crippen LogP contribution is 2.17. The van der Waals surface area contributed by atoms with Crippen LogP contribution in [-0.2, 0) is 0 Å². The second kappa shape index (κ2) is 10.5. The number of para-hydroxylation sites is 1. The first-order valence-electron chi connectivity index (χ1n) is 8.96. The maximum absolute atomic E-state index is 9.65. The van der Waals surface area contributed by atoms with Crippen LogP contribution in [0.2, 0.25) is 0 Å². The third-order valence-corrected chi connectivity index (χ3v) is 4.21. The molecule has 0 aliphatic carbocycles. The van der Waals surface area contributed by atoms with Gasteiger partial charge in [0.05, 0.1) is 13.2 Å². The van der Waals surface area contributed by atoms with Gasteiger partial charge in [-0.15, -0.1) is 0 Å². The fourth-order valence-corrected chi connectivity index (χ4v) is 2.64. The van der Waals surface area contributed by atoms with E-state index < -0.39 is 0 Å². The first-order valence-corrected chi connectivity index (χ1v) is 8.96. The molecule has 2 rings (SSSR count). The van der Waals surface area contributed by atoms with Gasteiger partial charge >= 0.3 is 0 Å². The Morgan fingerprint density at radius 3 is 2.35 bits per heavy atom. The van der Waals surface area contributed by atoms with Crippen molar-refractivity contribution in [1.29, 1.82) is 0 Å². The van der Waals surface area contributed by atoms with E-state index in [2.05, 4.69) is 15.6 Å². The van der Waals surface area contributed by atoms with Crippen LogP contribution in [0.4, 0.5) is 0 Å². The minimum absolute atomic E-state index is 0.00240. The summed E-state index contributed by atoms with van der Waals surface area (Å²) in [6, 6.07) is 18.0. The van der Waals surface area contributed by atoms with Gasteiger partial charge in [0.2, 0.25) is 0 Å². The number of hydrogen-bond donors (Lipinski definition) is 3. The van der Waals surface area contributed by atoms with Crippen LogP contribution in [0.3, 0.4) is 0 Å². The summed E-state index contributed by atoms with van der Waals surface area (Å²) in [5.41, 5.74) is 2.23. The van der Waals surface area contributed by atoms with Crippen LogP contribution >= 0.6 is 0 Å². The van der Waals surface area contributed by atoms with Gasteiger partial charge in [-0.25, -0.2) is 0 Å². The van der Waals surface area contributed by atoms with Gasteiger partial charge in [-0.3, -0.25) is 4.99 Å². The molecule has 140 valence electrons. The largest absolute Gasteiger partial charge is 0.489 e. The van der Waals surface area contributed by atoms with E-state index in [1.165, 1.54) is 0 Å². The van der Waals surface area contributed by atoms with Crippen molar-refractivity contribution in [2.75, 3.05) is 26.7 Å². The molecule has 26 heavy (non-hydrogen) atoms. The van der Waals surface area contributed by atoms with Crippen molar-refractivity contribution in [2.24, 2.45) is 4.99 Å². The summed E-state index contributed by atoms with van der Waals surface area (Å²) in [5.74, 6) is 1.61. The number of guanidine groups is 1. The normalized spacial score (nSPS) is 13.8. The third kappa shape index (κ3) is 6.08. The van der Waals surface area contributed by atoms with E-state index in [9.17, 15) is 5.11 Å². The molecule has 0 saturated heterocycles. The Kier molecular flexibility index (Phi) is 7.96. The number of aryl methyl sites for hydroxylation is 1. The highest BCUT2D eigenvalue weighted by atomic mass is 16.5. The fourth-order valence-electron chi connectivity index (χ4n) is 2.64. The lowest BCUT2D eigenvalue weighted by Crippen LogP contribution is -2.43. The molecule has 0 heterocycles. The highest BCUT2D eigenvalue weighted by Gasteiger charge is 2.12.